The van der Waals surface area contributed by atoms with E-state index in [1.165, 1.54) is 24.8 Å². The highest BCUT2D eigenvalue weighted by molar-refractivity contribution is 5.77. The van der Waals surface area contributed by atoms with Gasteiger partial charge in [0.15, 0.2) is 18.1 Å². The third kappa shape index (κ3) is 5.91. The lowest BCUT2D eigenvalue weighted by atomic mass is 10.2. The Morgan fingerprint density at radius 2 is 1.77 bits per heavy atom. The van der Waals surface area contributed by atoms with Gasteiger partial charge in [0.2, 0.25) is 0 Å². The van der Waals surface area contributed by atoms with Gasteiger partial charge in [-0.15, -0.1) is 0 Å². The summed E-state index contributed by atoms with van der Waals surface area (Å²) in [5.41, 5.74) is 1.87. The zero-order valence-electron chi connectivity index (χ0n) is 14.6. The quantitative estimate of drug-likeness (QED) is 0.738. The van der Waals surface area contributed by atoms with Crippen molar-refractivity contribution in [3.05, 3.63) is 53.6 Å². The maximum Gasteiger partial charge on any atom is 0.387 e. The second-order valence-electron chi connectivity index (χ2n) is 5.43. The number of alkyl halides is 2. The fourth-order valence-electron chi connectivity index (χ4n) is 2.24. The second-order valence-corrected chi connectivity index (χ2v) is 5.43. The Kier molecular flexibility index (Phi) is 7.20. The van der Waals surface area contributed by atoms with Crippen molar-refractivity contribution in [2.45, 2.75) is 26.5 Å². The molecule has 0 aromatic heterocycles. The number of benzene rings is 2. The molecule has 5 nitrogen and oxygen atoms in total. The van der Waals surface area contributed by atoms with E-state index in [9.17, 15) is 13.6 Å². The summed E-state index contributed by atoms with van der Waals surface area (Å²) in [4.78, 5) is 11.9. The van der Waals surface area contributed by atoms with Crippen LogP contribution in [-0.4, -0.2) is 26.2 Å². The lowest BCUT2D eigenvalue weighted by Gasteiger charge is -2.12. The van der Waals surface area contributed by atoms with Crippen molar-refractivity contribution in [3.8, 4) is 17.2 Å². The van der Waals surface area contributed by atoms with Crippen molar-refractivity contribution in [1.29, 1.82) is 0 Å². The summed E-state index contributed by atoms with van der Waals surface area (Å²) in [6.07, 6.45) is 0.936. The van der Waals surface area contributed by atoms with E-state index in [0.717, 1.165) is 6.42 Å². The molecular weight excluding hydrogens is 344 g/mol. The van der Waals surface area contributed by atoms with Crippen molar-refractivity contribution in [3.63, 3.8) is 0 Å². The molecule has 0 spiro atoms. The SMILES string of the molecule is CCc1ccc(OCC(=O)NCc2ccc(OC(F)F)c(OC)c2)cc1. The van der Waals surface area contributed by atoms with E-state index in [2.05, 4.69) is 17.0 Å². The minimum absolute atomic E-state index is 0.0589. The summed E-state index contributed by atoms with van der Waals surface area (Å²) in [6.45, 7) is -0.778. The largest absolute Gasteiger partial charge is 0.493 e. The predicted molar refractivity (Wildman–Crippen MR) is 92.8 cm³/mol. The highest BCUT2D eigenvalue weighted by Gasteiger charge is 2.11. The number of hydrogen-bond donors (Lipinski definition) is 1. The van der Waals surface area contributed by atoms with Crippen LogP contribution in [0.3, 0.4) is 0 Å². The molecule has 0 radical (unpaired) electrons. The first-order valence-electron chi connectivity index (χ1n) is 8.12. The molecule has 0 fully saturated rings. The third-order valence-corrected chi connectivity index (χ3v) is 3.64. The molecular formula is C19H21F2NO4. The first-order valence-corrected chi connectivity index (χ1v) is 8.12. The van der Waals surface area contributed by atoms with E-state index in [-0.39, 0.29) is 30.6 Å². The van der Waals surface area contributed by atoms with Crippen LogP contribution >= 0.6 is 0 Å². The van der Waals surface area contributed by atoms with Crippen LogP contribution in [0.1, 0.15) is 18.1 Å². The van der Waals surface area contributed by atoms with E-state index in [1.54, 1.807) is 6.07 Å². The van der Waals surface area contributed by atoms with Crippen molar-refractivity contribution >= 4 is 5.91 Å². The number of nitrogens with one attached hydrogen (secondary N) is 1. The maximum absolute atomic E-state index is 12.3. The Labute approximate surface area is 150 Å². The molecule has 0 atom stereocenters. The number of aryl methyl sites for hydroxylation is 1. The number of methoxy groups -OCH3 is 1. The summed E-state index contributed by atoms with van der Waals surface area (Å²) in [7, 11) is 1.35. The Bertz CT molecular complexity index is 720. The molecule has 0 heterocycles. The molecule has 140 valence electrons. The Morgan fingerprint density at radius 1 is 1.08 bits per heavy atom. The molecule has 2 rings (SSSR count). The topological polar surface area (TPSA) is 56.8 Å². The fourth-order valence-corrected chi connectivity index (χ4v) is 2.24. The van der Waals surface area contributed by atoms with Gasteiger partial charge in [-0.25, -0.2) is 0 Å². The predicted octanol–water partition coefficient (Wildman–Crippen LogP) is 3.55. The number of halogens is 2. The molecule has 1 amide bonds. The number of hydrogen-bond acceptors (Lipinski definition) is 4. The lowest BCUT2D eigenvalue weighted by Crippen LogP contribution is -2.28. The van der Waals surface area contributed by atoms with Crippen molar-refractivity contribution < 1.29 is 27.8 Å². The van der Waals surface area contributed by atoms with Gasteiger partial charge in [-0.1, -0.05) is 25.1 Å². The zero-order chi connectivity index (χ0) is 18.9. The molecule has 0 saturated heterocycles. The summed E-state index contributed by atoms with van der Waals surface area (Å²) in [6, 6.07) is 12.0. The van der Waals surface area contributed by atoms with Crippen LogP contribution in [0.2, 0.25) is 0 Å². The standard InChI is InChI=1S/C19H21F2NO4/c1-3-13-4-7-15(8-5-13)25-12-18(23)22-11-14-6-9-16(26-19(20)21)17(10-14)24-2/h4-10,19H,3,11-12H2,1-2H3,(H,22,23). The van der Waals surface area contributed by atoms with Gasteiger partial charge >= 0.3 is 6.61 Å². The number of amides is 1. The van der Waals surface area contributed by atoms with Crippen LogP contribution in [0.4, 0.5) is 8.78 Å². The molecule has 0 saturated carbocycles. The van der Waals surface area contributed by atoms with Gasteiger partial charge in [-0.3, -0.25) is 4.79 Å². The van der Waals surface area contributed by atoms with Gasteiger partial charge in [0.05, 0.1) is 7.11 Å². The minimum Gasteiger partial charge on any atom is -0.493 e. The number of rotatable bonds is 9. The van der Waals surface area contributed by atoms with Crippen LogP contribution in [-0.2, 0) is 17.8 Å². The highest BCUT2D eigenvalue weighted by Crippen LogP contribution is 2.29. The lowest BCUT2D eigenvalue weighted by molar-refractivity contribution is -0.123. The van der Waals surface area contributed by atoms with Crippen molar-refractivity contribution in [2.24, 2.45) is 0 Å². The summed E-state index contributed by atoms with van der Waals surface area (Å²) in [5, 5.41) is 2.69. The smallest absolute Gasteiger partial charge is 0.387 e. The van der Waals surface area contributed by atoms with Crippen LogP contribution in [0.25, 0.3) is 0 Å². The van der Waals surface area contributed by atoms with Crippen LogP contribution < -0.4 is 19.5 Å². The molecule has 7 heteroatoms. The summed E-state index contributed by atoms with van der Waals surface area (Å²) in [5.74, 6) is 0.435. The molecule has 0 aliphatic rings. The summed E-state index contributed by atoms with van der Waals surface area (Å²) >= 11 is 0. The van der Waals surface area contributed by atoms with Gasteiger partial charge in [-0.2, -0.15) is 8.78 Å². The van der Waals surface area contributed by atoms with Gasteiger partial charge in [-0.05, 0) is 41.8 Å². The molecule has 0 unspecified atom stereocenters. The van der Waals surface area contributed by atoms with E-state index in [4.69, 9.17) is 9.47 Å². The van der Waals surface area contributed by atoms with Gasteiger partial charge in [0.1, 0.15) is 5.75 Å². The number of ether oxygens (including phenoxy) is 3. The zero-order valence-corrected chi connectivity index (χ0v) is 14.6. The van der Waals surface area contributed by atoms with Crippen LogP contribution in [0.5, 0.6) is 17.2 Å². The second kappa shape index (κ2) is 9.60. The molecule has 0 aliphatic heterocycles. The fraction of sp³-hybridized carbons (Fsp3) is 0.316. The molecule has 2 aromatic rings. The van der Waals surface area contributed by atoms with Crippen LogP contribution in [0.15, 0.2) is 42.5 Å². The Balaban J connectivity index is 1.84. The monoisotopic (exact) mass is 365 g/mol. The average Bonchev–Trinajstić information content (AvgIpc) is 2.65. The Hall–Kier alpha value is -2.83. The van der Waals surface area contributed by atoms with Crippen molar-refractivity contribution in [2.75, 3.05) is 13.7 Å². The van der Waals surface area contributed by atoms with Crippen molar-refractivity contribution in [1.82, 2.24) is 5.32 Å². The first kappa shape index (κ1) is 19.5. The van der Waals surface area contributed by atoms with Gasteiger partial charge in [0, 0.05) is 6.54 Å². The van der Waals surface area contributed by atoms with E-state index >= 15 is 0 Å². The highest BCUT2D eigenvalue weighted by atomic mass is 19.3. The molecule has 0 bridgehead atoms. The van der Waals surface area contributed by atoms with E-state index in [1.807, 2.05) is 24.3 Å². The van der Waals surface area contributed by atoms with Gasteiger partial charge in [0.25, 0.3) is 5.91 Å². The third-order valence-electron chi connectivity index (χ3n) is 3.64. The molecule has 1 N–H and O–H groups in total. The molecule has 0 aliphatic carbocycles. The molecule has 26 heavy (non-hydrogen) atoms. The van der Waals surface area contributed by atoms with Gasteiger partial charge < -0.3 is 19.5 Å². The Morgan fingerprint density at radius 3 is 2.38 bits per heavy atom. The molecule has 2 aromatic carbocycles. The average molecular weight is 365 g/mol. The van der Waals surface area contributed by atoms with E-state index in [0.29, 0.717) is 11.3 Å². The maximum atomic E-state index is 12.3. The number of carbonyl (C=O) groups excluding carboxylic acids is 1. The first-order chi connectivity index (χ1) is 12.5. The minimum atomic E-state index is -2.93. The van der Waals surface area contributed by atoms with E-state index < -0.39 is 6.61 Å². The summed E-state index contributed by atoms with van der Waals surface area (Å²) < 4.78 is 39.4. The normalized spacial score (nSPS) is 10.5. The number of carbonyl (C=O) groups is 1. The van der Waals surface area contributed by atoms with Crippen LogP contribution in [0, 0.1) is 0 Å².